The molecule has 0 unspecified atom stereocenters. The maximum atomic E-state index is 11.2. The molecule has 0 fully saturated rings. The van der Waals surface area contributed by atoms with E-state index in [9.17, 15) is 4.79 Å². The summed E-state index contributed by atoms with van der Waals surface area (Å²) in [6.45, 7) is 4.98. The van der Waals surface area contributed by atoms with Crippen LogP contribution in [0.1, 0.15) is 38.8 Å². The highest BCUT2D eigenvalue weighted by molar-refractivity contribution is 4.94. The summed E-state index contributed by atoms with van der Waals surface area (Å²) >= 11 is 0. The van der Waals surface area contributed by atoms with Crippen LogP contribution in [0.2, 0.25) is 0 Å². The predicted molar refractivity (Wildman–Crippen MR) is 51.9 cm³/mol. The van der Waals surface area contributed by atoms with E-state index in [1.165, 1.54) is 12.8 Å². The number of unbranched alkanes of at least 4 members (excludes halogenated alkanes) is 2. The molecule has 74 valence electrons. The van der Waals surface area contributed by atoms with Gasteiger partial charge in [-0.05, 0) is 12.8 Å². The Bertz CT molecular complexity index is 298. The molecule has 0 N–H and O–H groups in total. The molecule has 1 aromatic heterocycles. The number of rotatable bonds is 5. The number of hydrogen-bond donors (Lipinski definition) is 0. The van der Waals surface area contributed by atoms with Crippen molar-refractivity contribution >= 4 is 0 Å². The Kier molecular flexibility index (Phi) is 3.80. The standard InChI is InChI=1S/C10H17NO2/c1-3-5-6-7-11-9(4-2)8-13-10(11)12/h8H,3-7H2,1-2H3. The number of aromatic nitrogens is 1. The summed E-state index contributed by atoms with van der Waals surface area (Å²) in [5.74, 6) is -0.215. The molecule has 13 heavy (non-hydrogen) atoms. The monoisotopic (exact) mass is 183 g/mol. The zero-order valence-corrected chi connectivity index (χ0v) is 8.38. The summed E-state index contributed by atoms with van der Waals surface area (Å²) in [7, 11) is 0. The van der Waals surface area contributed by atoms with E-state index < -0.39 is 0 Å². The Morgan fingerprint density at radius 2 is 2.15 bits per heavy atom. The van der Waals surface area contributed by atoms with Crippen molar-refractivity contribution < 1.29 is 4.42 Å². The molecule has 0 saturated heterocycles. The first kappa shape index (κ1) is 10.1. The van der Waals surface area contributed by atoms with Crippen LogP contribution in [0.5, 0.6) is 0 Å². The van der Waals surface area contributed by atoms with Crippen LogP contribution in [-0.2, 0) is 13.0 Å². The third-order valence-electron chi connectivity index (χ3n) is 2.21. The molecule has 0 aliphatic rings. The Morgan fingerprint density at radius 1 is 1.38 bits per heavy atom. The van der Waals surface area contributed by atoms with Crippen LogP contribution < -0.4 is 5.76 Å². The van der Waals surface area contributed by atoms with Gasteiger partial charge in [0.2, 0.25) is 0 Å². The van der Waals surface area contributed by atoms with Gasteiger partial charge in [0.1, 0.15) is 6.26 Å². The van der Waals surface area contributed by atoms with Crippen LogP contribution in [0.15, 0.2) is 15.5 Å². The fraction of sp³-hybridized carbons (Fsp3) is 0.700. The minimum Gasteiger partial charge on any atom is -0.416 e. The first-order valence-corrected chi connectivity index (χ1v) is 4.96. The highest BCUT2D eigenvalue weighted by Gasteiger charge is 2.04. The van der Waals surface area contributed by atoms with Crippen LogP contribution in [0, 0.1) is 0 Å². The SMILES string of the molecule is CCCCCn1c(CC)coc1=O. The molecule has 0 spiro atoms. The van der Waals surface area contributed by atoms with Gasteiger partial charge in [-0.25, -0.2) is 4.79 Å². The predicted octanol–water partition coefficient (Wildman–Crippen LogP) is 2.19. The number of aryl methyl sites for hydroxylation is 1. The van der Waals surface area contributed by atoms with Crippen molar-refractivity contribution in [1.82, 2.24) is 4.57 Å². The maximum Gasteiger partial charge on any atom is 0.419 e. The molecule has 0 amide bonds. The average molecular weight is 183 g/mol. The quantitative estimate of drug-likeness (QED) is 0.656. The zero-order valence-electron chi connectivity index (χ0n) is 8.38. The molecule has 0 atom stereocenters. The second-order valence-corrected chi connectivity index (χ2v) is 3.21. The third kappa shape index (κ3) is 2.47. The average Bonchev–Trinajstić information content (AvgIpc) is 2.48. The topological polar surface area (TPSA) is 35.1 Å². The van der Waals surface area contributed by atoms with Crippen molar-refractivity contribution in [2.45, 2.75) is 46.1 Å². The first-order valence-electron chi connectivity index (χ1n) is 4.96. The first-order chi connectivity index (χ1) is 6.29. The van der Waals surface area contributed by atoms with Crippen molar-refractivity contribution in [3.63, 3.8) is 0 Å². The molecule has 3 nitrogen and oxygen atoms in total. The lowest BCUT2D eigenvalue weighted by Gasteiger charge is -2.02. The maximum absolute atomic E-state index is 11.2. The molecule has 0 aliphatic carbocycles. The van der Waals surface area contributed by atoms with Gasteiger partial charge in [0.15, 0.2) is 0 Å². The van der Waals surface area contributed by atoms with E-state index in [0.717, 1.165) is 25.1 Å². The largest absolute Gasteiger partial charge is 0.419 e. The van der Waals surface area contributed by atoms with Gasteiger partial charge in [-0.2, -0.15) is 0 Å². The lowest BCUT2D eigenvalue weighted by atomic mass is 10.2. The number of hydrogen-bond acceptors (Lipinski definition) is 2. The van der Waals surface area contributed by atoms with Gasteiger partial charge in [0.25, 0.3) is 0 Å². The smallest absolute Gasteiger partial charge is 0.416 e. The van der Waals surface area contributed by atoms with Crippen molar-refractivity contribution in [1.29, 1.82) is 0 Å². The lowest BCUT2D eigenvalue weighted by molar-refractivity contribution is 0.467. The van der Waals surface area contributed by atoms with Gasteiger partial charge in [0, 0.05) is 6.54 Å². The number of oxazole rings is 1. The molecule has 1 aromatic rings. The fourth-order valence-corrected chi connectivity index (χ4v) is 1.39. The fourth-order valence-electron chi connectivity index (χ4n) is 1.39. The van der Waals surface area contributed by atoms with Crippen LogP contribution in [0.3, 0.4) is 0 Å². The van der Waals surface area contributed by atoms with E-state index in [0.29, 0.717) is 0 Å². The molecule has 1 rings (SSSR count). The van der Waals surface area contributed by atoms with Crippen molar-refractivity contribution in [3.05, 3.63) is 22.5 Å². The van der Waals surface area contributed by atoms with Gasteiger partial charge < -0.3 is 4.42 Å². The highest BCUT2D eigenvalue weighted by atomic mass is 16.4. The van der Waals surface area contributed by atoms with Gasteiger partial charge in [-0.15, -0.1) is 0 Å². The van der Waals surface area contributed by atoms with Gasteiger partial charge in [-0.1, -0.05) is 26.7 Å². The second-order valence-electron chi connectivity index (χ2n) is 3.21. The van der Waals surface area contributed by atoms with Crippen molar-refractivity contribution in [2.24, 2.45) is 0 Å². The third-order valence-corrected chi connectivity index (χ3v) is 2.21. The van der Waals surface area contributed by atoms with Crippen LogP contribution >= 0.6 is 0 Å². The summed E-state index contributed by atoms with van der Waals surface area (Å²) in [6.07, 6.45) is 5.82. The van der Waals surface area contributed by atoms with Crippen molar-refractivity contribution in [3.8, 4) is 0 Å². The summed E-state index contributed by atoms with van der Waals surface area (Å²) < 4.78 is 6.56. The Hall–Kier alpha value is -0.990. The summed E-state index contributed by atoms with van der Waals surface area (Å²) in [6, 6.07) is 0. The Balaban J connectivity index is 2.63. The van der Waals surface area contributed by atoms with E-state index in [2.05, 4.69) is 6.92 Å². The van der Waals surface area contributed by atoms with E-state index >= 15 is 0 Å². The molecular formula is C10H17NO2. The molecule has 0 radical (unpaired) electrons. The van der Waals surface area contributed by atoms with Gasteiger partial charge in [0.05, 0.1) is 5.69 Å². The molecular weight excluding hydrogens is 166 g/mol. The van der Waals surface area contributed by atoms with E-state index in [-0.39, 0.29) is 5.76 Å². The second kappa shape index (κ2) is 4.90. The van der Waals surface area contributed by atoms with Crippen LogP contribution in [0.25, 0.3) is 0 Å². The summed E-state index contributed by atoms with van der Waals surface area (Å²) in [5.41, 5.74) is 1.00. The Morgan fingerprint density at radius 3 is 2.77 bits per heavy atom. The highest BCUT2D eigenvalue weighted by Crippen LogP contribution is 2.02. The summed E-state index contributed by atoms with van der Waals surface area (Å²) in [5, 5.41) is 0. The van der Waals surface area contributed by atoms with Gasteiger partial charge >= 0.3 is 5.76 Å². The van der Waals surface area contributed by atoms with E-state index in [1.54, 1.807) is 10.8 Å². The minimum atomic E-state index is -0.215. The normalized spacial score (nSPS) is 10.6. The molecule has 1 heterocycles. The summed E-state index contributed by atoms with van der Waals surface area (Å²) in [4.78, 5) is 11.2. The van der Waals surface area contributed by atoms with Crippen LogP contribution in [0.4, 0.5) is 0 Å². The van der Waals surface area contributed by atoms with E-state index in [4.69, 9.17) is 4.42 Å². The molecule has 3 heteroatoms. The van der Waals surface area contributed by atoms with Crippen LogP contribution in [-0.4, -0.2) is 4.57 Å². The molecule has 0 saturated carbocycles. The zero-order chi connectivity index (χ0) is 9.68. The molecule has 0 aromatic carbocycles. The lowest BCUT2D eigenvalue weighted by Crippen LogP contribution is -2.16. The van der Waals surface area contributed by atoms with E-state index in [1.807, 2.05) is 6.92 Å². The molecule has 0 bridgehead atoms. The molecule has 0 aliphatic heterocycles. The Labute approximate surface area is 78.4 Å². The van der Waals surface area contributed by atoms with Crippen molar-refractivity contribution in [2.75, 3.05) is 0 Å². The number of nitrogens with zero attached hydrogens (tertiary/aromatic N) is 1. The minimum absolute atomic E-state index is 0.215. The van der Waals surface area contributed by atoms with Gasteiger partial charge in [-0.3, -0.25) is 4.57 Å².